The monoisotopic (exact) mass is 190 g/mol. The standard InChI is InChI=1S/C8H16NS2/c1-4-6-9(3)8(2)5-7-10-11-9/h5,7-8H,4,6H2,1-3H3/q+1. The fourth-order valence-electron chi connectivity index (χ4n) is 1.20. The van der Waals surface area contributed by atoms with E-state index in [2.05, 4.69) is 32.4 Å². The van der Waals surface area contributed by atoms with E-state index >= 15 is 0 Å². The fraction of sp³-hybridized carbons (Fsp3) is 0.750. The van der Waals surface area contributed by atoms with Gasteiger partial charge in [-0.25, -0.2) is 3.89 Å². The summed E-state index contributed by atoms with van der Waals surface area (Å²) in [5.74, 6) is 0. The second-order valence-electron chi connectivity index (χ2n) is 3.14. The first-order valence-electron chi connectivity index (χ1n) is 4.06. The lowest BCUT2D eigenvalue weighted by Crippen LogP contribution is -2.44. The summed E-state index contributed by atoms with van der Waals surface area (Å²) in [5, 5.41) is 2.20. The summed E-state index contributed by atoms with van der Waals surface area (Å²) in [4.78, 5) is 0. The molecule has 11 heavy (non-hydrogen) atoms. The molecule has 0 amide bonds. The molecule has 1 heterocycles. The van der Waals surface area contributed by atoms with Gasteiger partial charge in [0.25, 0.3) is 0 Å². The quantitative estimate of drug-likeness (QED) is 0.373. The smallest absolute Gasteiger partial charge is 0.152 e. The zero-order valence-corrected chi connectivity index (χ0v) is 9.04. The van der Waals surface area contributed by atoms with E-state index in [4.69, 9.17) is 0 Å². The Morgan fingerprint density at radius 2 is 2.27 bits per heavy atom. The molecule has 2 atom stereocenters. The van der Waals surface area contributed by atoms with E-state index in [0.717, 1.165) is 3.89 Å². The zero-order valence-electron chi connectivity index (χ0n) is 7.41. The maximum Gasteiger partial charge on any atom is 0.152 e. The molecule has 1 aliphatic rings. The second kappa shape index (κ2) is 3.87. The molecule has 0 spiro atoms. The third-order valence-electron chi connectivity index (χ3n) is 2.16. The van der Waals surface area contributed by atoms with Gasteiger partial charge < -0.3 is 0 Å². The number of nitrogens with zero attached hydrogens (tertiary/aromatic N) is 1. The van der Waals surface area contributed by atoms with Crippen molar-refractivity contribution in [2.24, 2.45) is 0 Å². The molecular weight excluding hydrogens is 174 g/mol. The summed E-state index contributed by atoms with van der Waals surface area (Å²) in [6.07, 6.45) is 3.57. The number of rotatable bonds is 2. The van der Waals surface area contributed by atoms with Crippen LogP contribution in [0.2, 0.25) is 0 Å². The molecule has 1 rings (SSSR count). The van der Waals surface area contributed by atoms with Crippen LogP contribution in [0.4, 0.5) is 0 Å². The van der Waals surface area contributed by atoms with E-state index in [1.807, 2.05) is 21.8 Å². The Balaban J connectivity index is 2.60. The highest BCUT2D eigenvalue weighted by Gasteiger charge is 2.31. The molecular formula is C8H16NS2+. The average Bonchev–Trinajstić information content (AvgIpc) is 1.96. The van der Waals surface area contributed by atoms with Gasteiger partial charge in [0.15, 0.2) is 11.0 Å². The summed E-state index contributed by atoms with van der Waals surface area (Å²) >= 11 is 0. The van der Waals surface area contributed by atoms with Crippen molar-refractivity contribution in [3.8, 4) is 0 Å². The van der Waals surface area contributed by atoms with Crippen LogP contribution in [0, 0.1) is 0 Å². The van der Waals surface area contributed by atoms with Gasteiger partial charge in [-0.3, -0.25) is 0 Å². The van der Waals surface area contributed by atoms with Gasteiger partial charge in [0.2, 0.25) is 0 Å². The second-order valence-corrected chi connectivity index (χ2v) is 5.61. The molecule has 0 aromatic carbocycles. The van der Waals surface area contributed by atoms with Crippen molar-refractivity contribution in [1.29, 1.82) is 0 Å². The summed E-state index contributed by atoms with van der Waals surface area (Å²) in [7, 11) is 6.13. The van der Waals surface area contributed by atoms with Gasteiger partial charge in [-0.15, -0.1) is 0 Å². The van der Waals surface area contributed by atoms with Crippen molar-refractivity contribution in [2.45, 2.75) is 26.3 Å². The van der Waals surface area contributed by atoms with Crippen molar-refractivity contribution >= 4 is 21.8 Å². The number of hydrogen-bond acceptors (Lipinski definition) is 2. The van der Waals surface area contributed by atoms with E-state index < -0.39 is 0 Å². The number of likely N-dealkylation sites (N-methyl/N-ethyl adjacent to an activating group) is 1. The molecule has 1 nitrogen and oxygen atoms in total. The summed E-state index contributed by atoms with van der Waals surface area (Å²) in [6.45, 7) is 5.81. The molecule has 2 unspecified atom stereocenters. The third kappa shape index (κ3) is 2.17. The van der Waals surface area contributed by atoms with Crippen LogP contribution < -0.4 is 0 Å². The highest BCUT2D eigenvalue weighted by atomic mass is 33.1. The van der Waals surface area contributed by atoms with Crippen LogP contribution in [0.25, 0.3) is 0 Å². The van der Waals surface area contributed by atoms with Crippen molar-refractivity contribution < 1.29 is 3.89 Å². The molecule has 3 heteroatoms. The van der Waals surface area contributed by atoms with Gasteiger partial charge in [-0.05, 0) is 35.6 Å². The van der Waals surface area contributed by atoms with E-state index in [-0.39, 0.29) is 0 Å². The van der Waals surface area contributed by atoms with Crippen LogP contribution in [0.1, 0.15) is 20.3 Å². The van der Waals surface area contributed by atoms with Gasteiger partial charge in [0, 0.05) is 0 Å². The molecule has 0 fully saturated rings. The van der Waals surface area contributed by atoms with E-state index in [1.54, 1.807) is 0 Å². The van der Waals surface area contributed by atoms with Gasteiger partial charge in [0.1, 0.15) is 6.04 Å². The Bertz CT molecular complexity index is 158. The van der Waals surface area contributed by atoms with Crippen LogP contribution in [0.15, 0.2) is 11.5 Å². The van der Waals surface area contributed by atoms with Crippen LogP contribution in [0.3, 0.4) is 0 Å². The maximum absolute atomic E-state index is 2.31. The van der Waals surface area contributed by atoms with E-state index in [1.165, 1.54) is 13.0 Å². The largest absolute Gasteiger partial charge is 0.249 e. The Labute approximate surface area is 77.3 Å². The SMILES string of the molecule is CCC[N+]1(C)SSC=CC1C. The Morgan fingerprint density at radius 3 is 2.82 bits per heavy atom. The van der Waals surface area contributed by atoms with Gasteiger partial charge in [0.05, 0.1) is 13.6 Å². The maximum atomic E-state index is 2.31. The Morgan fingerprint density at radius 1 is 1.55 bits per heavy atom. The first-order valence-corrected chi connectivity index (χ1v) is 6.23. The molecule has 0 aromatic rings. The first-order chi connectivity index (χ1) is 5.19. The highest BCUT2D eigenvalue weighted by Crippen LogP contribution is 2.40. The van der Waals surface area contributed by atoms with Crippen LogP contribution in [0.5, 0.6) is 0 Å². The first kappa shape index (κ1) is 9.49. The lowest BCUT2D eigenvalue weighted by Gasteiger charge is -2.36. The van der Waals surface area contributed by atoms with Gasteiger partial charge >= 0.3 is 0 Å². The van der Waals surface area contributed by atoms with Crippen LogP contribution >= 0.6 is 21.8 Å². The molecule has 0 saturated carbocycles. The van der Waals surface area contributed by atoms with Crippen molar-refractivity contribution in [1.82, 2.24) is 0 Å². The van der Waals surface area contributed by atoms with Crippen LogP contribution in [-0.2, 0) is 0 Å². The van der Waals surface area contributed by atoms with Gasteiger partial charge in [-0.2, -0.15) is 0 Å². The molecule has 0 aliphatic carbocycles. The minimum absolute atomic E-state index is 0.668. The lowest BCUT2D eigenvalue weighted by molar-refractivity contribution is -0.790. The molecule has 0 N–H and O–H groups in total. The molecule has 64 valence electrons. The van der Waals surface area contributed by atoms with E-state index in [9.17, 15) is 0 Å². The minimum Gasteiger partial charge on any atom is -0.249 e. The van der Waals surface area contributed by atoms with Gasteiger partial charge in [-0.1, -0.05) is 6.92 Å². The predicted octanol–water partition coefficient (Wildman–Crippen LogP) is 3.06. The minimum atomic E-state index is 0.668. The summed E-state index contributed by atoms with van der Waals surface area (Å²) in [5.41, 5.74) is 0. The molecule has 0 bridgehead atoms. The predicted molar refractivity (Wildman–Crippen MR) is 55.1 cm³/mol. The zero-order chi connectivity index (χ0) is 8.32. The number of quaternary nitrogens is 1. The molecule has 0 saturated heterocycles. The Hall–Kier alpha value is 0.400. The summed E-state index contributed by atoms with van der Waals surface area (Å²) in [6, 6.07) is 0.668. The average molecular weight is 190 g/mol. The molecule has 0 radical (unpaired) electrons. The lowest BCUT2D eigenvalue weighted by atomic mass is 10.3. The molecule has 0 aromatic heterocycles. The Kier molecular flexibility index (Phi) is 3.34. The van der Waals surface area contributed by atoms with Crippen LogP contribution in [-0.4, -0.2) is 23.5 Å². The van der Waals surface area contributed by atoms with Crippen molar-refractivity contribution in [3.63, 3.8) is 0 Å². The summed E-state index contributed by atoms with van der Waals surface area (Å²) < 4.78 is 1.12. The van der Waals surface area contributed by atoms with Crippen molar-refractivity contribution in [3.05, 3.63) is 11.5 Å². The highest BCUT2D eigenvalue weighted by molar-refractivity contribution is 8.75. The fourth-order valence-corrected chi connectivity index (χ4v) is 3.77. The van der Waals surface area contributed by atoms with E-state index in [0.29, 0.717) is 6.04 Å². The van der Waals surface area contributed by atoms with Crippen molar-refractivity contribution in [2.75, 3.05) is 13.6 Å². The molecule has 1 aliphatic heterocycles. The normalized spacial score (nSPS) is 37.5. The number of hydrogen-bond donors (Lipinski definition) is 0. The topological polar surface area (TPSA) is 0 Å². The third-order valence-corrected chi connectivity index (χ3v) is 4.98.